The molecule has 1 aromatic rings. The molecule has 102 valence electrons. The Kier molecular flexibility index (Phi) is 4.07. The maximum absolute atomic E-state index is 11.9. The molecule has 6 heteroatoms. The highest BCUT2D eigenvalue weighted by molar-refractivity contribution is 6.01. The van der Waals surface area contributed by atoms with Crippen LogP contribution in [0.1, 0.15) is 28.8 Å². The molecule has 1 atom stereocenters. The molecule has 1 fully saturated rings. The van der Waals surface area contributed by atoms with Crippen LogP contribution in [0.5, 0.6) is 0 Å². The average Bonchev–Trinajstić information content (AvgIpc) is 3.00. The lowest BCUT2D eigenvalue weighted by atomic mass is 10.1. The molecule has 3 N–H and O–H groups in total. The van der Waals surface area contributed by atoms with E-state index in [0.717, 1.165) is 24.9 Å². The summed E-state index contributed by atoms with van der Waals surface area (Å²) in [6.07, 6.45) is 1.90. The van der Waals surface area contributed by atoms with Gasteiger partial charge in [0.15, 0.2) is 0 Å². The molecular weight excluding hydrogens is 266 g/mol. The maximum Gasteiger partial charge on any atom is 0.251 e. The van der Waals surface area contributed by atoms with Crippen LogP contribution in [0, 0.1) is 0 Å². The van der Waals surface area contributed by atoms with Crippen molar-refractivity contribution in [2.75, 3.05) is 11.9 Å². The molecule has 2 amide bonds. The first-order chi connectivity index (χ1) is 8.74. The second-order valence-electron chi connectivity index (χ2n) is 4.69. The Bertz CT molecular complexity index is 513. The van der Waals surface area contributed by atoms with Gasteiger partial charge in [0.1, 0.15) is 0 Å². The van der Waals surface area contributed by atoms with Gasteiger partial charge in [-0.2, -0.15) is 0 Å². The van der Waals surface area contributed by atoms with Gasteiger partial charge in [-0.1, -0.05) is 6.07 Å². The van der Waals surface area contributed by atoms with E-state index < -0.39 is 0 Å². The standard InChI is InChI=1S/C13H15N3O2.ClH/c17-12-10-6-9(4-3-8(10)7-15-12)16-13(18)11-2-1-5-14-11;/h3-4,6,11,14H,1-2,5,7H2,(H,15,17)(H,16,18);1H. The molecule has 3 rings (SSSR count). The van der Waals surface area contributed by atoms with E-state index in [4.69, 9.17) is 0 Å². The molecule has 0 saturated carbocycles. The summed E-state index contributed by atoms with van der Waals surface area (Å²) in [5, 5.41) is 8.76. The van der Waals surface area contributed by atoms with Crippen LogP contribution in [0.2, 0.25) is 0 Å². The van der Waals surface area contributed by atoms with Crippen LogP contribution in [-0.2, 0) is 11.3 Å². The van der Waals surface area contributed by atoms with Gasteiger partial charge in [0.05, 0.1) is 6.04 Å². The average molecular weight is 282 g/mol. The van der Waals surface area contributed by atoms with Gasteiger partial charge in [0, 0.05) is 17.8 Å². The van der Waals surface area contributed by atoms with E-state index in [9.17, 15) is 9.59 Å². The van der Waals surface area contributed by atoms with Crippen LogP contribution in [0.15, 0.2) is 18.2 Å². The number of fused-ring (bicyclic) bond motifs is 1. The maximum atomic E-state index is 11.9. The lowest BCUT2D eigenvalue weighted by Gasteiger charge is -2.11. The highest BCUT2D eigenvalue weighted by Gasteiger charge is 2.23. The lowest BCUT2D eigenvalue weighted by Crippen LogP contribution is -2.35. The summed E-state index contributed by atoms with van der Waals surface area (Å²) >= 11 is 0. The quantitative estimate of drug-likeness (QED) is 0.759. The fourth-order valence-corrected chi connectivity index (χ4v) is 2.43. The smallest absolute Gasteiger partial charge is 0.251 e. The van der Waals surface area contributed by atoms with Gasteiger partial charge in [-0.25, -0.2) is 0 Å². The second-order valence-corrected chi connectivity index (χ2v) is 4.69. The SMILES string of the molecule is Cl.O=C1NCc2ccc(NC(=O)C3CCCN3)cc21. The minimum absolute atomic E-state index is 0. The predicted molar refractivity (Wildman–Crippen MR) is 74.5 cm³/mol. The predicted octanol–water partition coefficient (Wildman–Crippen LogP) is 1.04. The van der Waals surface area contributed by atoms with Crippen LogP contribution in [0.25, 0.3) is 0 Å². The van der Waals surface area contributed by atoms with E-state index in [0.29, 0.717) is 17.8 Å². The third-order valence-electron chi connectivity index (χ3n) is 3.44. The molecule has 19 heavy (non-hydrogen) atoms. The van der Waals surface area contributed by atoms with Gasteiger partial charge in [-0.3, -0.25) is 9.59 Å². The summed E-state index contributed by atoms with van der Waals surface area (Å²) < 4.78 is 0. The molecule has 0 aliphatic carbocycles. The number of carbonyl (C=O) groups excluding carboxylic acids is 2. The summed E-state index contributed by atoms with van der Waals surface area (Å²) in [6.45, 7) is 1.47. The fraction of sp³-hybridized carbons (Fsp3) is 0.385. The normalized spacial score (nSPS) is 20.4. The number of halogens is 1. The largest absolute Gasteiger partial charge is 0.348 e. The number of hydrogen-bond donors (Lipinski definition) is 3. The zero-order valence-electron chi connectivity index (χ0n) is 10.4. The minimum Gasteiger partial charge on any atom is -0.348 e. The van der Waals surface area contributed by atoms with Crippen LogP contribution < -0.4 is 16.0 Å². The third kappa shape index (κ3) is 2.72. The topological polar surface area (TPSA) is 70.2 Å². The summed E-state index contributed by atoms with van der Waals surface area (Å²) in [5.74, 6) is -0.0917. The van der Waals surface area contributed by atoms with Gasteiger partial charge < -0.3 is 16.0 Å². The van der Waals surface area contributed by atoms with Crippen LogP contribution in [0.4, 0.5) is 5.69 Å². The van der Waals surface area contributed by atoms with E-state index in [-0.39, 0.29) is 30.3 Å². The summed E-state index contributed by atoms with van der Waals surface area (Å²) in [6, 6.07) is 5.36. The van der Waals surface area contributed by atoms with E-state index in [2.05, 4.69) is 16.0 Å². The zero-order valence-corrected chi connectivity index (χ0v) is 11.2. The van der Waals surface area contributed by atoms with Crippen molar-refractivity contribution in [1.82, 2.24) is 10.6 Å². The molecule has 1 saturated heterocycles. The van der Waals surface area contributed by atoms with Gasteiger partial charge in [0.25, 0.3) is 5.91 Å². The van der Waals surface area contributed by atoms with E-state index in [1.54, 1.807) is 6.07 Å². The molecule has 2 aliphatic rings. The highest BCUT2D eigenvalue weighted by Crippen LogP contribution is 2.20. The van der Waals surface area contributed by atoms with Gasteiger partial charge >= 0.3 is 0 Å². The Morgan fingerprint density at radius 3 is 2.95 bits per heavy atom. The van der Waals surface area contributed by atoms with Crippen molar-refractivity contribution in [3.8, 4) is 0 Å². The van der Waals surface area contributed by atoms with E-state index in [1.165, 1.54) is 0 Å². The van der Waals surface area contributed by atoms with Crippen LogP contribution in [-0.4, -0.2) is 24.4 Å². The van der Waals surface area contributed by atoms with Gasteiger partial charge in [0.2, 0.25) is 5.91 Å². The number of rotatable bonds is 2. The lowest BCUT2D eigenvalue weighted by molar-refractivity contribution is -0.117. The van der Waals surface area contributed by atoms with E-state index >= 15 is 0 Å². The molecule has 5 nitrogen and oxygen atoms in total. The molecule has 0 aromatic heterocycles. The fourth-order valence-electron chi connectivity index (χ4n) is 2.43. The van der Waals surface area contributed by atoms with Crippen molar-refractivity contribution >= 4 is 29.9 Å². The third-order valence-corrected chi connectivity index (χ3v) is 3.44. The molecule has 0 radical (unpaired) electrons. The Balaban J connectivity index is 0.00000133. The first-order valence-corrected chi connectivity index (χ1v) is 6.19. The van der Waals surface area contributed by atoms with Crippen LogP contribution in [0.3, 0.4) is 0 Å². The van der Waals surface area contributed by atoms with Crippen molar-refractivity contribution in [2.24, 2.45) is 0 Å². The summed E-state index contributed by atoms with van der Waals surface area (Å²) in [4.78, 5) is 23.4. The number of anilines is 1. The highest BCUT2D eigenvalue weighted by atomic mass is 35.5. The Morgan fingerprint density at radius 2 is 2.21 bits per heavy atom. The molecule has 1 unspecified atom stereocenters. The molecule has 0 bridgehead atoms. The summed E-state index contributed by atoms with van der Waals surface area (Å²) in [7, 11) is 0. The van der Waals surface area contributed by atoms with Crippen LogP contribution >= 0.6 is 12.4 Å². The van der Waals surface area contributed by atoms with Gasteiger partial charge in [-0.15, -0.1) is 12.4 Å². The van der Waals surface area contributed by atoms with Crippen molar-refractivity contribution < 1.29 is 9.59 Å². The van der Waals surface area contributed by atoms with Crippen molar-refractivity contribution in [2.45, 2.75) is 25.4 Å². The monoisotopic (exact) mass is 281 g/mol. The Labute approximate surface area is 117 Å². The molecule has 1 aromatic carbocycles. The first kappa shape index (κ1) is 13.8. The van der Waals surface area contributed by atoms with Crippen molar-refractivity contribution in [3.63, 3.8) is 0 Å². The first-order valence-electron chi connectivity index (χ1n) is 6.19. The van der Waals surface area contributed by atoms with Gasteiger partial charge in [-0.05, 0) is 37.1 Å². The Hall–Kier alpha value is -1.59. The molecule has 2 aliphatic heterocycles. The molecule has 0 spiro atoms. The molecule has 2 heterocycles. The number of amides is 2. The second kappa shape index (κ2) is 5.59. The number of nitrogens with one attached hydrogen (secondary N) is 3. The van der Waals surface area contributed by atoms with E-state index in [1.807, 2.05) is 12.1 Å². The number of carbonyl (C=O) groups is 2. The summed E-state index contributed by atoms with van der Waals surface area (Å²) in [5.41, 5.74) is 2.33. The number of benzene rings is 1. The Morgan fingerprint density at radius 1 is 1.37 bits per heavy atom. The van der Waals surface area contributed by atoms with Crippen molar-refractivity contribution in [3.05, 3.63) is 29.3 Å². The number of hydrogen-bond acceptors (Lipinski definition) is 3. The molecular formula is C13H16ClN3O2. The minimum atomic E-state index is -0.105. The van der Waals surface area contributed by atoms with Crippen molar-refractivity contribution in [1.29, 1.82) is 0 Å². The zero-order chi connectivity index (χ0) is 12.5.